The van der Waals surface area contributed by atoms with Gasteiger partial charge in [-0.3, -0.25) is 9.69 Å². The molecule has 8 heteroatoms. The summed E-state index contributed by atoms with van der Waals surface area (Å²) in [4.78, 5) is 14.8. The number of methoxy groups -OCH3 is 1. The van der Waals surface area contributed by atoms with E-state index in [-0.39, 0.29) is 18.5 Å². The molecule has 0 radical (unpaired) electrons. The van der Waals surface area contributed by atoms with Crippen LogP contribution >= 0.6 is 0 Å². The van der Waals surface area contributed by atoms with Gasteiger partial charge in [0.1, 0.15) is 0 Å². The van der Waals surface area contributed by atoms with E-state index in [1.807, 2.05) is 0 Å². The maximum atomic E-state index is 12.5. The minimum absolute atomic E-state index is 0.00848. The zero-order valence-corrected chi connectivity index (χ0v) is 24.4. The van der Waals surface area contributed by atoms with Crippen molar-refractivity contribution >= 4 is 5.97 Å². The number of aliphatic hydroxyl groups excluding tert-OH is 1. The first-order chi connectivity index (χ1) is 18.2. The van der Waals surface area contributed by atoms with Crippen LogP contribution in [0.2, 0.25) is 0 Å². The quantitative estimate of drug-likeness (QED) is 0.104. The van der Waals surface area contributed by atoms with Gasteiger partial charge in [0.15, 0.2) is 0 Å². The Balaban J connectivity index is 4.00. The molecule has 0 aromatic carbocycles. The summed E-state index contributed by atoms with van der Waals surface area (Å²) in [6, 6.07) is 0. The lowest BCUT2D eigenvalue weighted by Crippen LogP contribution is -2.34. The predicted octanol–water partition coefficient (Wildman–Crippen LogP) is 4.86. The van der Waals surface area contributed by atoms with Crippen LogP contribution in [0.1, 0.15) is 90.9 Å². The summed E-state index contributed by atoms with van der Waals surface area (Å²) in [6.45, 7) is 11.8. The lowest BCUT2D eigenvalue weighted by Gasteiger charge is -2.22. The molecule has 0 aromatic heterocycles. The van der Waals surface area contributed by atoms with Crippen molar-refractivity contribution in [3.05, 3.63) is 0 Å². The minimum atomic E-state index is -0.00848. The smallest absolute Gasteiger partial charge is 0.308 e. The standard InChI is InChI=1S/C29H59NO7/c1-4-6-8-9-15-28(14-7-5-2)29(32)37-23-13-12-22-35-25-17-30(18-26-36-27-19-31)16-24-34-21-11-10-20-33-3/h28,31H,4-27H2,1-3H3. The highest BCUT2D eigenvalue weighted by Crippen LogP contribution is 2.19. The van der Waals surface area contributed by atoms with Gasteiger partial charge >= 0.3 is 5.97 Å². The van der Waals surface area contributed by atoms with Gasteiger partial charge in [-0.25, -0.2) is 0 Å². The molecule has 0 bridgehead atoms. The average molecular weight is 534 g/mol. The number of unbranched alkanes of at least 4 members (excludes halogenated alkanes) is 6. The third-order valence-corrected chi connectivity index (χ3v) is 6.35. The number of aliphatic hydroxyl groups is 1. The number of carbonyl (C=O) groups is 1. The first-order valence-corrected chi connectivity index (χ1v) is 14.9. The predicted molar refractivity (Wildman–Crippen MR) is 149 cm³/mol. The Kier molecular flexibility index (Phi) is 29.2. The van der Waals surface area contributed by atoms with E-state index in [2.05, 4.69) is 18.7 Å². The van der Waals surface area contributed by atoms with Gasteiger partial charge in [0, 0.05) is 46.6 Å². The fraction of sp³-hybridized carbons (Fsp3) is 0.966. The van der Waals surface area contributed by atoms with E-state index in [9.17, 15) is 4.79 Å². The van der Waals surface area contributed by atoms with Gasteiger partial charge in [0.25, 0.3) is 0 Å². The van der Waals surface area contributed by atoms with Crippen molar-refractivity contribution in [3.63, 3.8) is 0 Å². The molecule has 1 unspecified atom stereocenters. The molecule has 0 rings (SSSR count). The van der Waals surface area contributed by atoms with Crippen LogP contribution in [0.5, 0.6) is 0 Å². The van der Waals surface area contributed by atoms with Gasteiger partial charge < -0.3 is 28.8 Å². The summed E-state index contributed by atoms with van der Waals surface area (Å²) in [5, 5.41) is 8.88. The molecule has 1 N–H and O–H groups in total. The molecule has 0 aliphatic rings. The molecule has 0 fully saturated rings. The van der Waals surface area contributed by atoms with Crippen LogP contribution in [0.3, 0.4) is 0 Å². The van der Waals surface area contributed by atoms with Crippen LogP contribution in [-0.2, 0) is 28.5 Å². The van der Waals surface area contributed by atoms with Gasteiger partial charge in [-0.1, -0.05) is 52.4 Å². The summed E-state index contributed by atoms with van der Waals surface area (Å²) in [6.07, 6.45) is 12.6. The van der Waals surface area contributed by atoms with E-state index in [1.54, 1.807) is 7.11 Å². The van der Waals surface area contributed by atoms with Gasteiger partial charge in [0.05, 0.1) is 45.6 Å². The van der Waals surface area contributed by atoms with E-state index in [4.69, 9.17) is 28.8 Å². The third-order valence-electron chi connectivity index (χ3n) is 6.35. The van der Waals surface area contributed by atoms with Crippen LogP contribution in [0.4, 0.5) is 0 Å². The number of ether oxygens (including phenoxy) is 5. The lowest BCUT2D eigenvalue weighted by atomic mass is 9.95. The Bertz CT molecular complexity index is 468. The van der Waals surface area contributed by atoms with E-state index in [0.29, 0.717) is 39.6 Å². The van der Waals surface area contributed by atoms with Crippen LogP contribution in [0, 0.1) is 5.92 Å². The maximum absolute atomic E-state index is 12.5. The highest BCUT2D eigenvalue weighted by Gasteiger charge is 2.18. The van der Waals surface area contributed by atoms with Gasteiger partial charge in [0.2, 0.25) is 0 Å². The Labute approximate surface area is 227 Å². The van der Waals surface area contributed by atoms with E-state index in [0.717, 1.165) is 90.6 Å². The Morgan fingerprint density at radius 2 is 1.19 bits per heavy atom. The first kappa shape index (κ1) is 36.2. The highest BCUT2D eigenvalue weighted by molar-refractivity contribution is 5.72. The molecule has 0 spiro atoms. The fourth-order valence-corrected chi connectivity index (χ4v) is 3.98. The molecule has 0 saturated heterocycles. The second-order valence-corrected chi connectivity index (χ2v) is 9.67. The second-order valence-electron chi connectivity index (χ2n) is 9.67. The minimum Gasteiger partial charge on any atom is -0.465 e. The summed E-state index contributed by atoms with van der Waals surface area (Å²) >= 11 is 0. The molecule has 0 amide bonds. The summed E-state index contributed by atoms with van der Waals surface area (Å²) in [5.41, 5.74) is 0. The zero-order chi connectivity index (χ0) is 27.2. The SMILES string of the molecule is CCCCCCC(CCCC)C(=O)OCCCCOCCN(CCOCCO)CCOCCCCOC. The molecular formula is C29H59NO7. The molecule has 0 aromatic rings. The number of hydrogen-bond donors (Lipinski definition) is 1. The molecule has 0 aliphatic heterocycles. The van der Waals surface area contributed by atoms with Crippen molar-refractivity contribution in [3.8, 4) is 0 Å². The van der Waals surface area contributed by atoms with Crippen molar-refractivity contribution in [1.29, 1.82) is 0 Å². The van der Waals surface area contributed by atoms with Crippen molar-refractivity contribution in [2.24, 2.45) is 5.92 Å². The van der Waals surface area contributed by atoms with Crippen LogP contribution in [0.15, 0.2) is 0 Å². The largest absolute Gasteiger partial charge is 0.465 e. The highest BCUT2D eigenvalue weighted by atomic mass is 16.5. The lowest BCUT2D eigenvalue weighted by molar-refractivity contribution is -0.149. The number of carbonyl (C=O) groups excluding carboxylic acids is 1. The molecule has 1 atom stereocenters. The Morgan fingerprint density at radius 3 is 1.76 bits per heavy atom. The number of hydrogen-bond acceptors (Lipinski definition) is 8. The molecule has 8 nitrogen and oxygen atoms in total. The molecular weight excluding hydrogens is 474 g/mol. The zero-order valence-electron chi connectivity index (χ0n) is 24.4. The van der Waals surface area contributed by atoms with E-state index >= 15 is 0 Å². The monoisotopic (exact) mass is 533 g/mol. The van der Waals surface area contributed by atoms with Crippen molar-refractivity contribution in [2.45, 2.75) is 90.9 Å². The van der Waals surface area contributed by atoms with Crippen LogP contribution in [-0.4, -0.2) is 102 Å². The van der Waals surface area contributed by atoms with Gasteiger partial charge in [-0.05, 0) is 38.5 Å². The molecule has 37 heavy (non-hydrogen) atoms. The average Bonchev–Trinajstić information content (AvgIpc) is 2.90. The van der Waals surface area contributed by atoms with Crippen molar-refractivity contribution in [2.75, 3.05) is 86.2 Å². The number of rotatable bonds is 30. The first-order valence-electron chi connectivity index (χ1n) is 14.9. The maximum Gasteiger partial charge on any atom is 0.308 e. The molecule has 0 aliphatic carbocycles. The topological polar surface area (TPSA) is 86.7 Å². The normalized spacial score (nSPS) is 12.4. The van der Waals surface area contributed by atoms with Gasteiger partial charge in [-0.2, -0.15) is 0 Å². The second kappa shape index (κ2) is 29.8. The number of esters is 1. The molecule has 222 valence electrons. The third kappa shape index (κ3) is 25.3. The Morgan fingerprint density at radius 1 is 0.649 bits per heavy atom. The van der Waals surface area contributed by atoms with Crippen LogP contribution in [0.25, 0.3) is 0 Å². The fourth-order valence-electron chi connectivity index (χ4n) is 3.98. The molecule has 0 heterocycles. The van der Waals surface area contributed by atoms with Crippen molar-refractivity contribution in [1.82, 2.24) is 4.90 Å². The van der Waals surface area contributed by atoms with Crippen molar-refractivity contribution < 1.29 is 33.6 Å². The summed E-state index contributed by atoms with van der Waals surface area (Å²) in [7, 11) is 1.72. The van der Waals surface area contributed by atoms with E-state index < -0.39 is 0 Å². The summed E-state index contributed by atoms with van der Waals surface area (Å²) in [5.74, 6) is 0.0561. The molecule has 0 saturated carbocycles. The van der Waals surface area contributed by atoms with Crippen LogP contribution < -0.4 is 0 Å². The van der Waals surface area contributed by atoms with Gasteiger partial charge in [-0.15, -0.1) is 0 Å². The van der Waals surface area contributed by atoms with E-state index in [1.165, 1.54) is 19.3 Å². The number of nitrogens with zero attached hydrogens (tertiary/aromatic N) is 1. The Hall–Kier alpha value is -0.770. The summed E-state index contributed by atoms with van der Waals surface area (Å²) < 4.78 is 27.6.